The van der Waals surface area contributed by atoms with Crippen molar-refractivity contribution in [2.24, 2.45) is 0 Å². The number of carbonyl (C=O) groups excluding carboxylic acids is 1. The van der Waals surface area contributed by atoms with E-state index in [0.717, 1.165) is 33.8 Å². The van der Waals surface area contributed by atoms with Gasteiger partial charge < -0.3 is 19.5 Å². The highest BCUT2D eigenvalue weighted by Gasteiger charge is 2.32. The van der Waals surface area contributed by atoms with E-state index < -0.39 is 0 Å². The third-order valence-corrected chi connectivity index (χ3v) is 6.22. The van der Waals surface area contributed by atoms with Gasteiger partial charge in [-0.25, -0.2) is 4.79 Å². The summed E-state index contributed by atoms with van der Waals surface area (Å²) in [7, 11) is 1.66. The molecule has 2 heterocycles. The van der Waals surface area contributed by atoms with Crippen LogP contribution in [-0.2, 0) is 13.1 Å². The average Bonchev–Trinajstić information content (AvgIpc) is 3.28. The number of methoxy groups -OCH3 is 1. The van der Waals surface area contributed by atoms with Crippen molar-refractivity contribution < 1.29 is 9.53 Å². The van der Waals surface area contributed by atoms with Crippen LogP contribution in [0, 0.1) is 6.92 Å². The molecule has 0 saturated carbocycles. The van der Waals surface area contributed by atoms with Crippen LogP contribution in [0.25, 0.3) is 5.69 Å². The summed E-state index contributed by atoms with van der Waals surface area (Å²) in [4.78, 5) is 15.5. The molecule has 1 atom stereocenters. The minimum atomic E-state index is -0.240. The van der Waals surface area contributed by atoms with Crippen molar-refractivity contribution in [3.63, 3.8) is 0 Å². The molecule has 1 aliphatic rings. The van der Waals surface area contributed by atoms with Crippen molar-refractivity contribution in [3.8, 4) is 11.4 Å². The first-order chi connectivity index (χ1) is 16.1. The molecule has 0 aliphatic carbocycles. The number of aromatic nitrogens is 1. The van der Waals surface area contributed by atoms with E-state index in [1.807, 2.05) is 47.4 Å². The highest BCUT2D eigenvalue weighted by Crippen LogP contribution is 2.37. The van der Waals surface area contributed by atoms with Gasteiger partial charge in [0.15, 0.2) is 0 Å². The van der Waals surface area contributed by atoms with Gasteiger partial charge in [0.1, 0.15) is 5.75 Å². The Bertz CT molecular complexity index is 1260. The molecule has 5 nitrogen and oxygen atoms in total. The molecule has 2 amide bonds. The molecule has 0 bridgehead atoms. The molecule has 0 radical (unpaired) electrons. The Morgan fingerprint density at radius 3 is 2.48 bits per heavy atom. The van der Waals surface area contributed by atoms with Gasteiger partial charge in [0.25, 0.3) is 0 Å². The summed E-state index contributed by atoms with van der Waals surface area (Å²) in [6.45, 7) is 3.05. The maximum atomic E-state index is 13.6. The van der Waals surface area contributed by atoms with Crippen LogP contribution in [0.15, 0.2) is 91.1 Å². The number of benzene rings is 3. The summed E-state index contributed by atoms with van der Waals surface area (Å²) >= 11 is 0. The van der Waals surface area contributed by atoms with Gasteiger partial charge in [-0.1, -0.05) is 60.2 Å². The molecule has 166 valence electrons. The summed E-state index contributed by atoms with van der Waals surface area (Å²) < 4.78 is 7.55. The Morgan fingerprint density at radius 2 is 1.73 bits per heavy atom. The molecule has 1 aromatic heterocycles. The monoisotopic (exact) mass is 437 g/mol. The first-order valence-electron chi connectivity index (χ1n) is 11.1. The Labute approximate surface area is 194 Å². The smallest absolute Gasteiger partial charge is 0.318 e. The third kappa shape index (κ3) is 4.10. The molecular weight excluding hydrogens is 410 g/mol. The molecule has 1 aliphatic heterocycles. The Hall–Kier alpha value is -3.99. The maximum absolute atomic E-state index is 13.6. The largest absolute Gasteiger partial charge is 0.497 e. The lowest BCUT2D eigenvalue weighted by Gasteiger charge is -2.31. The number of amides is 2. The highest BCUT2D eigenvalue weighted by atomic mass is 16.5. The van der Waals surface area contributed by atoms with Gasteiger partial charge in [0.2, 0.25) is 0 Å². The number of rotatable bonds is 4. The van der Waals surface area contributed by atoms with Gasteiger partial charge in [0, 0.05) is 18.4 Å². The number of ether oxygens (including phenoxy) is 1. The van der Waals surface area contributed by atoms with Crippen molar-refractivity contribution in [1.29, 1.82) is 0 Å². The maximum Gasteiger partial charge on any atom is 0.318 e. The van der Waals surface area contributed by atoms with E-state index in [0.29, 0.717) is 13.1 Å². The van der Waals surface area contributed by atoms with Gasteiger partial charge in [-0.05, 0) is 53.9 Å². The Balaban J connectivity index is 1.54. The van der Waals surface area contributed by atoms with Crippen LogP contribution in [0.3, 0.4) is 0 Å². The number of fused-ring (bicyclic) bond motifs is 3. The van der Waals surface area contributed by atoms with Gasteiger partial charge in [-0.3, -0.25) is 0 Å². The lowest BCUT2D eigenvalue weighted by atomic mass is 10.0. The van der Waals surface area contributed by atoms with Crippen LogP contribution >= 0.6 is 0 Å². The number of para-hydroxylation sites is 1. The molecule has 0 unspecified atom stereocenters. The number of hydrogen-bond acceptors (Lipinski definition) is 2. The fourth-order valence-electron chi connectivity index (χ4n) is 4.46. The number of nitrogens with zero attached hydrogens (tertiary/aromatic N) is 2. The first kappa shape index (κ1) is 20.9. The van der Waals surface area contributed by atoms with Crippen LogP contribution in [0.1, 0.15) is 34.0 Å². The molecule has 0 saturated heterocycles. The highest BCUT2D eigenvalue weighted by molar-refractivity contribution is 5.76. The minimum absolute atomic E-state index is 0.0964. The second-order valence-electron chi connectivity index (χ2n) is 8.38. The third-order valence-electron chi connectivity index (χ3n) is 6.22. The summed E-state index contributed by atoms with van der Waals surface area (Å²) in [5.74, 6) is 0.793. The van der Waals surface area contributed by atoms with E-state index in [1.54, 1.807) is 7.11 Å². The number of hydrogen-bond donors (Lipinski definition) is 1. The second-order valence-corrected chi connectivity index (χ2v) is 8.38. The van der Waals surface area contributed by atoms with Crippen molar-refractivity contribution in [2.45, 2.75) is 26.1 Å². The lowest BCUT2D eigenvalue weighted by molar-refractivity contribution is 0.180. The lowest BCUT2D eigenvalue weighted by Crippen LogP contribution is -2.41. The average molecular weight is 438 g/mol. The SMILES string of the molecule is COc1ccc([C@@H]2c3cccn3-c3ccccc3CN2C(=O)NCc2ccc(C)cc2)cc1. The quantitative estimate of drug-likeness (QED) is 0.451. The minimum Gasteiger partial charge on any atom is -0.497 e. The predicted molar refractivity (Wildman–Crippen MR) is 130 cm³/mol. The van der Waals surface area contributed by atoms with Crippen LogP contribution in [-0.4, -0.2) is 22.6 Å². The Morgan fingerprint density at radius 1 is 0.970 bits per heavy atom. The van der Waals surface area contributed by atoms with Crippen LogP contribution in [0.5, 0.6) is 5.75 Å². The van der Waals surface area contributed by atoms with E-state index in [4.69, 9.17) is 4.74 Å². The van der Waals surface area contributed by atoms with Crippen molar-refractivity contribution in [2.75, 3.05) is 7.11 Å². The molecule has 0 fully saturated rings. The van der Waals surface area contributed by atoms with E-state index in [1.165, 1.54) is 5.56 Å². The summed E-state index contributed by atoms with van der Waals surface area (Å²) in [5.41, 5.74) is 6.58. The summed E-state index contributed by atoms with van der Waals surface area (Å²) in [6, 6.07) is 28.3. The van der Waals surface area contributed by atoms with E-state index in [2.05, 4.69) is 65.5 Å². The van der Waals surface area contributed by atoms with Gasteiger partial charge in [0.05, 0.1) is 25.4 Å². The zero-order valence-electron chi connectivity index (χ0n) is 18.9. The normalized spacial score (nSPS) is 14.7. The zero-order valence-corrected chi connectivity index (χ0v) is 18.9. The molecule has 0 spiro atoms. The number of carbonyl (C=O) groups is 1. The van der Waals surface area contributed by atoms with Gasteiger partial charge in [-0.15, -0.1) is 0 Å². The van der Waals surface area contributed by atoms with Crippen molar-refractivity contribution in [3.05, 3.63) is 119 Å². The van der Waals surface area contributed by atoms with Crippen molar-refractivity contribution in [1.82, 2.24) is 14.8 Å². The van der Waals surface area contributed by atoms with Gasteiger partial charge in [-0.2, -0.15) is 0 Å². The number of nitrogens with one attached hydrogen (secondary N) is 1. The predicted octanol–water partition coefficient (Wildman–Crippen LogP) is 5.61. The molecule has 33 heavy (non-hydrogen) atoms. The van der Waals surface area contributed by atoms with Crippen LogP contribution in [0.4, 0.5) is 4.79 Å². The van der Waals surface area contributed by atoms with Crippen LogP contribution in [0.2, 0.25) is 0 Å². The molecule has 4 aromatic rings. The van der Waals surface area contributed by atoms with Crippen LogP contribution < -0.4 is 10.1 Å². The van der Waals surface area contributed by atoms with Gasteiger partial charge >= 0.3 is 6.03 Å². The molecule has 1 N–H and O–H groups in total. The van der Waals surface area contributed by atoms with Crippen molar-refractivity contribution >= 4 is 6.03 Å². The topological polar surface area (TPSA) is 46.5 Å². The zero-order chi connectivity index (χ0) is 22.8. The number of aryl methyl sites for hydroxylation is 1. The fourth-order valence-corrected chi connectivity index (χ4v) is 4.46. The van der Waals surface area contributed by atoms with E-state index >= 15 is 0 Å². The van der Waals surface area contributed by atoms with E-state index in [-0.39, 0.29) is 12.1 Å². The molecule has 5 heteroatoms. The molecule has 5 rings (SSSR count). The summed E-state index contributed by atoms with van der Waals surface area (Å²) in [5, 5.41) is 3.15. The second kappa shape index (κ2) is 8.87. The fraction of sp³-hybridized carbons (Fsp3) is 0.179. The molecular formula is C28H27N3O2. The molecule has 3 aromatic carbocycles. The van der Waals surface area contributed by atoms with E-state index in [9.17, 15) is 4.79 Å². The standard InChI is InChI=1S/C28H27N3O2/c1-20-9-11-21(12-10-20)18-29-28(32)31-19-23-6-3-4-7-25(23)30-17-5-8-26(30)27(31)22-13-15-24(33-2)16-14-22/h3-17,27H,18-19H2,1-2H3,(H,29,32)/t27-/m1/s1. The number of urea groups is 1. The Kier molecular flexibility index (Phi) is 5.61. The first-order valence-corrected chi connectivity index (χ1v) is 11.1. The summed E-state index contributed by atoms with van der Waals surface area (Å²) in [6.07, 6.45) is 2.07.